The van der Waals surface area contributed by atoms with E-state index in [1.807, 2.05) is 56.3 Å². The van der Waals surface area contributed by atoms with Crippen molar-refractivity contribution in [2.45, 2.75) is 13.8 Å². The molecular weight excluding hydrogens is 406 g/mol. The molecule has 1 aliphatic heterocycles. The molecule has 0 spiro atoms. The van der Waals surface area contributed by atoms with Gasteiger partial charge in [0.1, 0.15) is 6.61 Å². The predicted molar refractivity (Wildman–Crippen MR) is 112 cm³/mol. The second-order valence-electron chi connectivity index (χ2n) is 5.88. The molecule has 0 N–H and O–H groups in total. The van der Waals surface area contributed by atoms with Crippen LogP contribution in [0.15, 0.2) is 40.9 Å². The van der Waals surface area contributed by atoms with Crippen LogP contribution in [0.2, 0.25) is 0 Å². The van der Waals surface area contributed by atoms with Gasteiger partial charge in [0, 0.05) is 17.7 Å². The zero-order chi connectivity index (χ0) is 19.4. The third kappa shape index (κ3) is 3.72. The number of fused-ring (bicyclic) bond motifs is 1. The van der Waals surface area contributed by atoms with Crippen molar-refractivity contribution in [1.29, 1.82) is 0 Å². The Labute approximate surface area is 167 Å². The van der Waals surface area contributed by atoms with Crippen LogP contribution in [-0.4, -0.2) is 25.7 Å². The van der Waals surface area contributed by atoms with Crippen LogP contribution < -0.4 is 14.4 Å². The average Bonchev–Trinajstić information content (AvgIpc) is 2.93. The number of rotatable bonds is 6. The molecule has 0 bridgehead atoms. The number of anilines is 1. The number of carbonyl (C=O) groups excluding carboxylic acids is 1. The lowest BCUT2D eigenvalue weighted by Crippen LogP contribution is -2.25. The molecule has 3 rings (SSSR count). The van der Waals surface area contributed by atoms with Crippen molar-refractivity contribution in [2.24, 2.45) is 0 Å². The van der Waals surface area contributed by atoms with Gasteiger partial charge in [-0.25, -0.2) is 0 Å². The van der Waals surface area contributed by atoms with E-state index in [0.29, 0.717) is 30.2 Å². The molecule has 4 nitrogen and oxygen atoms in total. The molecular formula is C22H20BrNO3. The minimum atomic E-state index is 0.000408. The SMILES string of the molecule is C#CCOc1c(Br)cc(/C=C2\C(=O)N(CC)c3ccccc32)cc1OCC. The Kier molecular flexibility index (Phi) is 5.88. The largest absolute Gasteiger partial charge is 0.490 e. The highest BCUT2D eigenvalue weighted by Crippen LogP contribution is 2.40. The molecule has 0 fully saturated rings. The number of hydrogen-bond acceptors (Lipinski definition) is 3. The second-order valence-corrected chi connectivity index (χ2v) is 6.73. The lowest BCUT2D eigenvalue weighted by atomic mass is 10.0. The number of benzene rings is 2. The molecule has 0 atom stereocenters. The van der Waals surface area contributed by atoms with Crippen LogP contribution in [0.25, 0.3) is 11.6 Å². The Balaban J connectivity index is 2.07. The van der Waals surface area contributed by atoms with Gasteiger partial charge in [-0.15, -0.1) is 6.42 Å². The molecule has 2 aromatic rings. The first kappa shape index (κ1) is 19.1. The molecule has 138 valence electrons. The lowest BCUT2D eigenvalue weighted by molar-refractivity contribution is -0.112. The lowest BCUT2D eigenvalue weighted by Gasteiger charge is -2.14. The van der Waals surface area contributed by atoms with Crippen LogP contribution >= 0.6 is 15.9 Å². The molecule has 0 radical (unpaired) electrons. The number of carbonyl (C=O) groups is 1. The zero-order valence-electron chi connectivity index (χ0n) is 15.3. The molecule has 0 saturated carbocycles. The van der Waals surface area contributed by atoms with Crippen molar-refractivity contribution in [2.75, 3.05) is 24.7 Å². The third-order valence-corrected chi connectivity index (χ3v) is 4.81. The number of hydrogen-bond donors (Lipinski definition) is 0. The van der Waals surface area contributed by atoms with Gasteiger partial charge in [0.15, 0.2) is 11.5 Å². The number of nitrogens with zero attached hydrogens (tertiary/aromatic N) is 1. The fraction of sp³-hybridized carbons (Fsp3) is 0.227. The van der Waals surface area contributed by atoms with Crippen LogP contribution in [0.1, 0.15) is 25.0 Å². The van der Waals surface area contributed by atoms with Gasteiger partial charge < -0.3 is 14.4 Å². The first-order valence-corrected chi connectivity index (χ1v) is 9.55. The molecule has 1 amide bonds. The molecule has 0 aliphatic carbocycles. The van der Waals surface area contributed by atoms with Crippen molar-refractivity contribution < 1.29 is 14.3 Å². The number of ether oxygens (including phenoxy) is 2. The minimum Gasteiger partial charge on any atom is -0.490 e. The van der Waals surface area contributed by atoms with Gasteiger partial charge in [-0.2, -0.15) is 0 Å². The minimum absolute atomic E-state index is 0.000408. The van der Waals surface area contributed by atoms with E-state index in [1.165, 1.54) is 0 Å². The maximum Gasteiger partial charge on any atom is 0.258 e. The molecule has 2 aromatic carbocycles. The van der Waals surface area contributed by atoms with Gasteiger partial charge in [0.05, 0.1) is 16.8 Å². The smallest absolute Gasteiger partial charge is 0.258 e. The summed E-state index contributed by atoms with van der Waals surface area (Å²) >= 11 is 3.52. The van der Waals surface area contributed by atoms with Crippen LogP contribution in [0.3, 0.4) is 0 Å². The zero-order valence-corrected chi connectivity index (χ0v) is 16.9. The van der Waals surface area contributed by atoms with Crippen LogP contribution in [0.5, 0.6) is 11.5 Å². The molecule has 0 aromatic heterocycles. The topological polar surface area (TPSA) is 38.8 Å². The van der Waals surface area contributed by atoms with Gasteiger partial charge in [-0.05, 0) is 59.6 Å². The molecule has 1 heterocycles. The number of para-hydroxylation sites is 1. The summed E-state index contributed by atoms with van der Waals surface area (Å²) in [4.78, 5) is 14.7. The summed E-state index contributed by atoms with van der Waals surface area (Å²) in [5.74, 6) is 3.60. The van der Waals surface area contributed by atoms with E-state index in [4.69, 9.17) is 15.9 Å². The van der Waals surface area contributed by atoms with E-state index in [1.54, 1.807) is 4.90 Å². The second kappa shape index (κ2) is 8.32. The van der Waals surface area contributed by atoms with E-state index in [2.05, 4.69) is 21.9 Å². The number of likely N-dealkylation sites (N-methyl/N-ethyl adjacent to an activating group) is 1. The summed E-state index contributed by atoms with van der Waals surface area (Å²) in [7, 11) is 0. The monoisotopic (exact) mass is 425 g/mol. The van der Waals surface area contributed by atoms with E-state index >= 15 is 0 Å². The summed E-state index contributed by atoms with van der Waals surface area (Å²) < 4.78 is 12.0. The highest BCUT2D eigenvalue weighted by molar-refractivity contribution is 9.10. The maximum atomic E-state index is 12.9. The predicted octanol–water partition coefficient (Wildman–Crippen LogP) is 4.77. The first-order chi connectivity index (χ1) is 13.1. The van der Waals surface area contributed by atoms with Crippen molar-refractivity contribution in [1.82, 2.24) is 0 Å². The molecule has 27 heavy (non-hydrogen) atoms. The van der Waals surface area contributed by atoms with E-state index in [0.717, 1.165) is 21.3 Å². The molecule has 0 unspecified atom stereocenters. The van der Waals surface area contributed by atoms with Crippen molar-refractivity contribution >= 4 is 39.2 Å². The van der Waals surface area contributed by atoms with Crippen molar-refractivity contribution in [3.63, 3.8) is 0 Å². The Morgan fingerprint density at radius 1 is 1.22 bits per heavy atom. The van der Waals surface area contributed by atoms with E-state index < -0.39 is 0 Å². The third-order valence-electron chi connectivity index (χ3n) is 4.22. The average molecular weight is 426 g/mol. The number of terminal acetylenes is 1. The Hall–Kier alpha value is -2.71. The standard InChI is InChI=1S/C22H20BrNO3/c1-4-11-27-21-18(23)13-15(14-20(21)26-6-3)12-17-16-9-7-8-10-19(16)24(5-2)22(17)25/h1,7-10,12-14H,5-6,11H2,2-3H3/b17-12-. The fourth-order valence-corrected chi connectivity index (χ4v) is 3.69. The molecule has 0 saturated heterocycles. The van der Waals surface area contributed by atoms with Crippen LogP contribution in [0, 0.1) is 12.3 Å². The summed E-state index contributed by atoms with van der Waals surface area (Å²) in [6.45, 7) is 5.14. The van der Waals surface area contributed by atoms with E-state index in [9.17, 15) is 4.79 Å². The quantitative estimate of drug-likeness (QED) is 0.494. The van der Waals surface area contributed by atoms with Gasteiger partial charge in [0.25, 0.3) is 5.91 Å². The van der Waals surface area contributed by atoms with Gasteiger partial charge in [-0.3, -0.25) is 4.79 Å². The highest BCUT2D eigenvalue weighted by atomic mass is 79.9. The number of amides is 1. The highest BCUT2D eigenvalue weighted by Gasteiger charge is 2.30. The molecule has 1 aliphatic rings. The van der Waals surface area contributed by atoms with Crippen molar-refractivity contribution in [3.8, 4) is 23.8 Å². The van der Waals surface area contributed by atoms with Gasteiger partial charge >= 0.3 is 0 Å². The van der Waals surface area contributed by atoms with Crippen LogP contribution in [-0.2, 0) is 4.79 Å². The van der Waals surface area contributed by atoms with Crippen LogP contribution in [0.4, 0.5) is 5.69 Å². The normalized spacial score (nSPS) is 14.2. The van der Waals surface area contributed by atoms with Crippen molar-refractivity contribution in [3.05, 3.63) is 52.0 Å². The Morgan fingerprint density at radius 2 is 2.00 bits per heavy atom. The Morgan fingerprint density at radius 3 is 2.70 bits per heavy atom. The number of halogens is 1. The summed E-state index contributed by atoms with van der Waals surface area (Å²) in [5.41, 5.74) is 3.38. The fourth-order valence-electron chi connectivity index (χ4n) is 3.11. The summed E-state index contributed by atoms with van der Waals surface area (Å²) in [6, 6.07) is 11.6. The van der Waals surface area contributed by atoms with E-state index in [-0.39, 0.29) is 12.5 Å². The van der Waals surface area contributed by atoms with Gasteiger partial charge in [-0.1, -0.05) is 24.1 Å². The maximum absolute atomic E-state index is 12.9. The summed E-state index contributed by atoms with van der Waals surface area (Å²) in [5, 5.41) is 0. The van der Waals surface area contributed by atoms with Gasteiger partial charge in [0.2, 0.25) is 0 Å². The Bertz CT molecular complexity index is 943. The molecule has 5 heteroatoms. The summed E-state index contributed by atoms with van der Waals surface area (Å²) in [6.07, 6.45) is 7.18. The first-order valence-electron chi connectivity index (χ1n) is 8.76.